The van der Waals surface area contributed by atoms with Crippen LogP contribution in [-0.4, -0.2) is 34.3 Å². The molecule has 0 bridgehead atoms. The number of nitrogens with one attached hydrogen (secondary N) is 1. The van der Waals surface area contributed by atoms with Gasteiger partial charge in [-0.25, -0.2) is 17.9 Å². The number of thioether (sulfide) groups is 1. The molecular weight excluding hydrogens is 453 g/mol. The van der Waals surface area contributed by atoms with Crippen molar-refractivity contribution in [1.29, 1.82) is 0 Å². The second-order valence-corrected chi connectivity index (χ2v) is 10.5. The summed E-state index contributed by atoms with van der Waals surface area (Å²) < 4.78 is 38.9. The number of nitrogens with two attached hydrogens (primary N) is 1. The van der Waals surface area contributed by atoms with Crippen LogP contribution in [0.2, 0.25) is 0 Å². The van der Waals surface area contributed by atoms with Gasteiger partial charge in [-0.15, -0.1) is 10.2 Å². The van der Waals surface area contributed by atoms with Gasteiger partial charge in [-0.3, -0.25) is 4.79 Å². The maximum Gasteiger partial charge on any atom is 0.238 e. The molecule has 0 aliphatic carbocycles. The van der Waals surface area contributed by atoms with E-state index in [2.05, 4.69) is 15.5 Å². The number of primary sulfonamides is 1. The number of halogens is 1. The Bertz CT molecular complexity index is 1210. The number of carbonyl (C=O) groups excluding carboxylic acids is 1. The smallest absolute Gasteiger partial charge is 0.238 e. The molecule has 0 aliphatic rings. The molecule has 0 aliphatic heterocycles. The van der Waals surface area contributed by atoms with Crippen molar-refractivity contribution in [2.75, 3.05) is 5.32 Å². The van der Waals surface area contributed by atoms with Gasteiger partial charge in [0.1, 0.15) is 5.82 Å². The fourth-order valence-electron chi connectivity index (χ4n) is 2.93. The van der Waals surface area contributed by atoms with Gasteiger partial charge in [-0.05, 0) is 49.2 Å². The maximum atomic E-state index is 14.3. The number of amides is 1. The van der Waals surface area contributed by atoms with Gasteiger partial charge < -0.3 is 9.88 Å². The average Bonchev–Trinajstić information content (AvgIpc) is 3.09. The van der Waals surface area contributed by atoms with Crippen LogP contribution in [0.15, 0.2) is 58.6 Å². The van der Waals surface area contributed by atoms with Crippen LogP contribution in [0.5, 0.6) is 0 Å². The van der Waals surface area contributed by atoms with Gasteiger partial charge in [-0.1, -0.05) is 37.7 Å². The Morgan fingerprint density at radius 2 is 1.78 bits per heavy atom. The fourth-order valence-corrected chi connectivity index (χ4v) is 4.30. The molecule has 0 saturated heterocycles. The van der Waals surface area contributed by atoms with E-state index in [4.69, 9.17) is 5.14 Å². The second-order valence-electron chi connectivity index (χ2n) is 7.61. The third-order valence-electron chi connectivity index (χ3n) is 4.48. The van der Waals surface area contributed by atoms with E-state index in [0.717, 1.165) is 0 Å². The molecule has 1 atom stereocenters. The molecule has 170 valence electrons. The molecular formula is C21H24FN5O3S2. The van der Waals surface area contributed by atoms with Crippen molar-refractivity contribution in [1.82, 2.24) is 14.8 Å². The van der Waals surface area contributed by atoms with E-state index < -0.39 is 21.1 Å². The van der Waals surface area contributed by atoms with Gasteiger partial charge in [-0.2, -0.15) is 0 Å². The number of rotatable bonds is 8. The number of carbonyl (C=O) groups is 1. The Kier molecular flexibility index (Phi) is 7.32. The Morgan fingerprint density at radius 3 is 2.38 bits per heavy atom. The topological polar surface area (TPSA) is 120 Å². The minimum Gasteiger partial charge on any atom is -0.325 e. The number of benzene rings is 2. The van der Waals surface area contributed by atoms with Crippen LogP contribution in [0.1, 0.15) is 20.8 Å². The lowest BCUT2D eigenvalue weighted by atomic mass is 10.2. The van der Waals surface area contributed by atoms with Crippen LogP contribution in [0.4, 0.5) is 10.1 Å². The molecule has 2 aromatic carbocycles. The summed E-state index contributed by atoms with van der Waals surface area (Å²) in [5, 5.41) is 16.2. The zero-order valence-corrected chi connectivity index (χ0v) is 19.5. The van der Waals surface area contributed by atoms with E-state index >= 15 is 0 Å². The highest BCUT2D eigenvalue weighted by Crippen LogP contribution is 2.29. The number of sulfonamides is 1. The van der Waals surface area contributed by atoms with Crippen molar-refractivity contribution in [2.24, 2.45) is 11.1 Å². The molecule has 1 amide bonds. The van der Waals surface area contributed by atoms with Crippen molar-refractivity contribution in [3.63, 3.8) is 0 Å². The highest BCUT2D eigenvalue weighted by molar-refractivity contribution is 8.00. The molecule has 32 heavy (non-hydrogen) atoms. The van der Waals surface area contributed by atoms with E-state index in [1.165, 1.54) is 42.1 Å². The Morgan fingerprint density at radius 1 is 1.12 bits per heavy atom. The van der Waals surface area contributed by atoms with Gasteiger partial charge in [0, 0.05) is 12.2 Å². The first-order valence-electron chi connectivity index (χ1n) is 9.84. The standard InChI is InChI=1S/C21H24FN5O3S2/c1-13(2)12-27-19(17-6-4-5-7-18(17)22)25-26-21(27)31-14(3)20(28)24-15-8-10-16(11-9-15)32(23,29)30/h4-11,13-14H,12H2,1-3H3,(H,24,28)(H2,23,29,30)/t14-/m0/s1. The SMILES string of the molecule is CC(C)Cn1c(S[C@@H](C)C(=O)Nc2ccc(S(N)(=O)=O)cc2)nnc1-c1ccccc1F. The molecule has 3 aromatic rings. The highest BCUT2D eigenvalue weighted by Gasteiger charge is 2.22. The summed E-state index contributed by atoms with van der Waals surface area (Å²) in [7, 11) is -3.81. The highest BCUT2D eigenvalue weighted by atomic mass is 32.2. The van der Waals surface area contributed by atoms with Gasteiger partial charge in [0.15, 0.2) is 11.0 Å². The quantitative estimate of drug-likeness (QED) is 0.479. The van der Waals surface area contributed by atoms with Gasteiger partial charge >= 0.3 is 0 Å². The lowest BCUT2D eigenvalue weighted by Gasteiger charge is -2.15. The Labute approximate surface area is 190 Å². The molecule has 0 fully saturated rings. The van der Waals surface area contributed by atoms with E-state index in [-0.39, 0.29) is 16.7 Å². The second kappa shape index (κ2) is 9.80. The van der Waals surface area contributed by atoms with Crippen LogP contribution >= 0.6 is 11.8 Å². The molecule has 11 heteroatoms. The third kappa shape index (κ3) is 5.72. The third-order valence-corrected chi connectivity index (χ3v) is 6.49. The number of hydrogen-bond acceptors (Lipinski definition) is 6. The monoisotopic (exact) mass is 477 g/mol. The average molecular weight is 478 g/mol. The molecule has 3 rings (SSSR count). The zero-order chi connectivity index (χ0) is 23.5. The van der Waals surface area contributed by atoms with Crippen molar-refractivity contribution in [3.8, 4) is 11.4 Å². The summed E-state index contributed by atoms with van der Waals surface area (Å²) in [6.45, 7) is 6.33. The lowest BCUT2D eigenvalue weighted by molar-refractivity contribution is -0.115. The first kappa shape index (κ1) is 23.9. The summed E-state index contributed by atoms with van der Waals surface area (Å²) in [6, 6.07) is 11.9. The first-order valence-corrected chi connectivity index (χ1v) is 12.3. The molecule has 0 radical (unpaired) electrons. The minimum atomic E-state index is -3.81. The van der Waals surface area contributed by atoms with Gasteiger partial charge in [0.25, 0.3) is 0 Å². The van der Waals surface area contributed by atoms with E-state index in [9.17, 15) is 17.6 Å². The maximum absolute atomic E-state index is 14.3. The first-order chi connectivity index (χ1) is 15.1. The molecule has 0 saturated carbocycles. The summed E-state index contributed by atoms with van der Waals surface area (Å²) in [5.74, 6) is -0.0390. The van der Waals surface area contributed by atoms with Crippen LogP contribution in [0.25, 0.3) is 11.4 Å². The normalized spacial score (nSPS) is 12.7. The lowest BCUT2D eigenvalue weighted by Crippen LogP contribution is -2.23. The molecule has 3 N–H and O–H groups in total. The summed E-state index contributed by atoms with van der Waals surface area (Å²) in [4.78, 5) is 12.6. The number of aromatic nitrogens is 3. The predicted octanol–water partition coefficient (Wildman–Crippen LogP) is 3.51. The predicted molar refractivity (Wildman–Crippen MR) is 122 cm³/mol. The molecule has 0 unspecified atom stereocenters. The summed E-state index contributed by atoms with van der Waals surface area (Å²) in [5.41, 5.74) is 0.782. The largest absolute Gasteiger partial charge is 0.325 e. The van der Waals surface area contributed by atoms with Crippen molar-refractivity contribution >= 4 is 33.4 Å². The van der Waals surface area contributed by atoms with Crippen molar-refractivity contribution < 1.29 is 17.6 Å². The Balaban J connectivity index is 1.78. The van der Waals surface area contributed by atoms with Crippen molar-refractivity contribution in [3.05, 3.63) is 54.3 Å². The number of nitrogens with zero attached hydrogens (tertiary/aromatic N) is 3. The zero-order valence-electron chi connectivity index (χ0n) is 17.8. The van der Waals surface area contributed by atoms with E-state index in [1.54, 1.807) is 25.1 Å². The molecule has 0 spiro atoms. The number of anilines is 1. The van der Waals surface area contributed by atoms with E-state index in [1.807, 2.05) is 18.4 Å². The van der Waals surface area contributed by atoms with Crippen LogP contribution in [0.3, 0.4) is 0 Å². The van der Waals surface area contributed by atoms with Crippen molar-refractivity contribution in [2.45, 2.75) is 42.6 Å². The van der Waals surface area contributed by atoms with E-state index in [0.29, 0.717) is 28.8 Å². The van der Waals surface area contributed by atoms with Gasteiger partial charge in [0.05, 0.1) is 15.7 Å². The molecule has 8 nitrogen and oxygen atoms in total. The van der Waals surface area contributed by atoms with Gasteiger partial charge in [0.2, 0.25) is 15.9 Å². The fraction of sp³-hybridized carbons (Fsp3) is 0.286. The van der Waals surface area contributed by atoms with Crippen LogP contribution in [0, 0.1) is 11.7 Å². The van der Waals surface area contributed by atoms with Crippen LogP contribution in [-0.2, 0) is 21.4 Å². The summed E-state index contributed by atoms with van der Waals surface area (Å²) in [6.07, 6.45) is 0. The number of hydrogen-bond donors (Lipinski definition) is 2. The molecule has 1 heterocycles. The summed E-state index contributed by atoms with van der Waals surface area (Å²) >= 11 is 1.21. The van der Waals surface area contributed by atoms with Crippen LogP contribution < -0.4 is 10.5 Å². The molecule has 1 aromatic heterocycles. The Hall–Kier alpha value is -2.76. The minimum absolute atomic E-state index is 0.0413.